The van der Waals surface area contributed by atoms with Gasteiger partial charge in [-0.1, -0.05) is 164 Å². The van der Waals surface area contributed by atoms with E-state index in [0.29, 0.717) is 0 Å². The average Bonchev–Trinajstić information content (AvgIpc) is 3.71. The molecule has 288 valence electrons. The van der Waals surface area contributed by atoms with Crippen LogP contribution < -0.4 is 9.80 Å². The van der Waals surface area contributed by atoms with E-state index in [1.54, 1.807) is 0 Å². The number of furan rings is 1. The van der Waals surface area contributed by atoms with Crippen molar-refractivity contribution in [1.29, 1.82) is 0 Å². The van der Waals surface area contributed by atoms with E-state index in [1.165, 1.54) is 27.5 Å². The molecule has 1 aromatic heterocycles. The molecule has 0 N–H and O–H groups in total. The SMILES string of the molecule is c1ccc(-c2c(N(c3ccc(-c4ccccc4-c4ccc(N(c5ccccc5)c5ccccc5)cc4)cc3)c3ccc4c(c3)oc3ccccc34)ccc3ccccc23)cc1. The number of nitrogens with zero attached hydrogens (tertiary/aromatic N) is 2. The number of fused-ring (bicyclic) bond motifs is 4. The second-order valence-electron chi connectivity index (χ2n) is 15.3. The Morgan fingerprint density at radius 1 is 0.279 bits per heavy atom. The van der Waals surface area contributed by atoms with Gasteiger partial charge in [-0.15, -0.1) is 0 Å². The number of para-hydroxylation sites is 3. The number of anilines is 6. The third-order valence-electron chi connectivity index (χ3n) is 11.7. The van der Waals surface area contributed by atoms with E-state index in [2.05, 4.69) is 240 Å². The number of benzene rings is 10. The first kappa shape index (κ1) is 36.0. The highest BCUT2D eigenvalue weighted by Crippen LogP contribution is 2.46. The fraction of sp³-hybridized carbons (Fsp3) is 0. The highest BCUT2D eigenvalue weighted by molar-refractivity contribution is 6.08. The third-order valence-corrected chi connectivity index (χ3v) is 11.7. The Kier molecular flexibility index (Phi) is 9.18. The summed E-state index contributed by atoms with van der Waals surface area (Å²) in [6, 6.07) is 86.5. The Labute approximate surface area is 355 Å². The maximum absolute atomic E-state index is 6.47. The monoisotopic (exact) mass is 780 g/mol. The fourth-order valence-corrected chi connectivity index (χ4v) is 8.80. The van der Waals surface area contributed by atoms with Crippen LogP contribution >= 0.6 is 0 Å². The van der Waals surface area contributed by atoms with Crippen molar-refractivity contribution in [2.24, 2.45) is 0 Å². The smallest absolute Gasteiger partial charge is 0.137 e. The maximum atomic E-state index is 6.47. The lowest BCUT2D eigenvalue weighted by Gasteiger charge is -2.29. The third kappa shape index (κ3) is 6.69. The van der Waals surface area contributed by atoms with Crippen LogP contribution in [0.5, 0.6) is 0 Å². The Hall–Kier alpha value is -8.14. The van der Waals surface area contributed by atoms with Gasteiger partial charge in [-0.05, 0) is 111 Å². The molecule has 0 aliphatic heterocycles. The molecule has 11 aromatic rings. The molecule has 0 aliphatic rings. The molecule has 10 aromatic carbocycles. The minimum atomic E-state index is 0.859. The van der Waals surface area contributed by atoms with Gasteiger partial charge in [0, 0.05) is 50.8 Å². The molecule has 0 bridgehead atoms. The maximum Gasteiger partial charge on any atom is 0.137 e. The van der Waals surface area contributed by atoms with Crippen LogP contribution in [0, 0.1) is 0 Å². The number of rotatable bonds is 9. The second kappa shape index (κ2) is 15.6. The van der Waals surface area contributed by atoms with Gasteiger partial charge >= 0.3 is 0 Å². The predicted molar refractivity (Wildman–Crippen MR) is 257 cm³/mol. The summed E-state index contributed by atoms with van der Waals surface area (Å²) in [5, 5.41) is 4.63. The topological polar surface area (TPSA) is 19.6 Å². The van der Waals surface area contributed by atoms with Gasteiger partial charge < -0.3 is 14.2 Å². The first-order chi connectivity index (χ1) is 30.3. The summed E-state index contributed by atoms with van der Waals surface area (Å²) >= 11 is 0. The Balaban J connectivity index is 1.01. The Morgan fingerprint density at radius 2 is 0.754 bits per heavy atom. The summed E-state index contributed by atoms with van der Waals surface area (Å²) in [5.74, 6) is 0. The van der Waals surface area contributed by atoms with E-state index in [0.717, 1.165) is 72.8 Å². The van der Waals surface area contributed by atoms with Crippen LogP contribution in [0.1, 0.15) is 0 Å². The highest BCUT2D eigenvalue weighted by atomic mass is 16.3. The highest BCUT2D eigenvalue weighted by Gasteiger charge is 2.21. The van der Waals surface area contributed by atoms with E-state index >= 15 is 0 Å². The number of hydrogen-bond acceptors (Lipinski definition) is 3. The average molecular weight is 781 g/mol. The summed E-state index contributed by atoms with van der Waals surface area (Å²) in [7, 11) is 0. The Bertz CT molecular complexity index is 3240. The van der Waals surface area contributed by atoms with E-state index in [-0.39, 0.29) is 0 Å². The molecule has 0 amide bonds. The summed E-state index contributed by atoms with van der Waals surface area (Å²) in [5.41, 5.74) is 15.3. The summed E-state index contributed by atoms with van der Waals surface area (Å²) in [6.07, 6.45) is 0. The molecule has 0 saturated heterocycles. The van der Waals surface area contributed by atoms with E-state index < -0.39 is 0 Å². The van der Waals surface area contributed by atoms with Crippen LogP contribution in [-0.4, -0.2) is 0 Å². The summed E-state index contributed by atoms with van der Waals surface area (Å²) in [6.45, 7) is 0. The van der Waals surface area contributed by atoms with E-state index in [4.69, 9.17) is 4.42 Å². The zero-order chi connectivity index (χ0) is 40.5. The van der Waals surface area contributed by atoms with Gasteiger partial charge in [0.1, 0.15) is 11.2 Å². The molecule has 0 fully saturated rings. The van der Waals surface area contributed by atoms with Gasteiger partial charge in [0.25, 0.3) is 0 Å². The quantitative estimate of drug-likeness (QED) is 0.145. The molecule has 61 heavy (non-hydrogen) atoms. The summed E-state index contributed by atoms with van der Waals surface area (Å²) in [4.78, 5) is 4.67. The lowest BCUT2D eigenvalue weighted by molar-refractivity contribution is 0.669. The van der Waals surface area contributed by atoms with Crippen molar-refractivity contribution in [2.75, 3.05) is 9.80 Å². The normalized spacial score (nSPS) is 11.3. The van der Waals surface area contributed by atoms with Crippen molar-refractivity contribution in [3.63, 3.8) is 0 Å². The van der Waals surface area contributed by atoms with Crippen LogP contribution in [-0.2, 0) is 0 Å². The first-order valence-corrected chi connectivity index (χ1v) is 20.8. The Morgan fingerprint density at radius 3 is 1.39 bits per heavy atom. The van der Waals surface area contributed by atoms with Crippen LogP contribution in [0.25, 0.3) is 66.1 Å². The van der Waals surface area contributed by atoms with Gasteiger partial charge in [0.2, 0.25) is 0 Å². The van der Waals surface area contributed by atoms with Crippen molar-refractivity contribution in [2.45, 2.75) is 0 Å². The molecule has 1 heterocycles. The molecule has 0 atom stereocenters. The van der Waals surface area contributed by atoms with E-state index in [9.17, 15) is 0 Å². The summed E-state index contributed by atoms with van der Waals surface area (Å²) < 4.78 is 6.47. The lowest BCUT2D eigenvalue weighted by Crippen LogP contribution is -2.11. The molecule has 0 aliphatic carbocycles. The van der Waals surface area contributed by atoms with Crippen molar-refractivity contribution in [3.05, 3.63) is 243 Å². The van der Waals surface area contributed by atoms with E-state index in [1.807, 2.05) is 12.1 Å². The lowest BCUT2D eigenvalue weighted by atomic mass is 9.93. The van der Waals surface area contributed by atoms with Gasteiger partial charge in [0.05, 0.1) is 5.69 Å². The molecule has 11 rings (SSSR count). The minimum Gasteiger partial charge on any atom is -0.456 e. The fourth-order valence-electron chi connectivity index (χ4n) is 8.80. The molecule has 0 spiro atoms. The van der Waals surface area contributed by atoms with Crippen LogP contribution in [0.3, 0.4) is 0 Å². The van der Waals surface area contributed by atoms with Crippen LogP contribution in [0.4, 0.5) is 34.1 Å². The number of hydrogen-bond donors (Lipinski definition) is 0. The molecule has 0 saturated carbocycles. The van der Waals surface area contributed by atoms with Gasteiger partial charge in [-0.2, -0.15) is 0 Å². The van der Waals surface area contributed by atoms with Gasteiger partial charge in [0.15, 0.2) is 0 Å². The molecular formula is C58H40N2O. The molecule has 3 heteroatoms. The van der Waals surface area contributed by atoms with Gasteiger partial charge in [-0.3, -0.25) is 0 Å². The molecule has 0 radical (unpaired) electrons. The van der Waals surface area contributed by atoms with Crippen LogP contribution in [0.2, 0.25) is 0 Å². The second-order valence-corrected chi connectivity index (χ2v) is 15.3. The standard InChI is InChI=1S/C58H40N2O/c1-4-17-44(18-5-1)58-52-25-11-10-16-41(52)32-39-55(58)60(49-37-38-54-53-26-14-15-27-56(53)61-57(54)40-49)48-35-30-43(31-36-48)51-24-13-12-23-50(51)42-28-33-47(34-29-42)59(45-19-6-2-7-20-45)46-21-8-3-9-22-46/h1-40H. The predicted octanol–water partition coefficient (Wildman–Crippen LogP) is 16.7. The van der Waals surface area contributed by atoms with Crippen molar-refractivity contribution in [1.82, 2.24) is 0 Å². The van der Waals surface area contributed by atoms with Gasteiger partial charge in [-0.25, -0.2) is 0 Å². The largest absolute Gasteiger partial charge is 0.456 e. The first-order valence-electron chi connectivity index (χ1n) is 20.8. The van der Waals surface area contributed by atoms with Crippen molar-refractivity contribution >= 4 is 66.8 Å². The zero-order valence-corrected chi connectivity index (χ0v) is 33.4. The molecular weight excluding hydrogens is 741 g/mol. The van der Waals surface area contributed by atoms with Crippen molar-refractivity contribution < 1.29 is 4.42 Å². The zero-order valence-electron chi connectivity index (χ0n) is 33.4. The van der Waals surface area contributed by atoms with Crippen LogP contribution in [0.15, 0.2) is 247 Å². The van der Waals surface area contributed by atoms with Crippen molar-refractivity contribution in [3.8, 4) is 33.4 Å². The molecule has 3 nitrogen and oxygen atoms in total. The minimum absolute atomic E-state index is 0.859. The molecule has 0 unspecified atom stereocenters.